The topological polar surface area (TPSA) is 50.4 Å². The maximum Gasteiger partial charge on any atom is 0.247 e. The van der Waals surface area contributed by atoms with Crippen molar-refractivity contribution in [2.24, 2.45) is 0 Å². The third-order valence-electron chi connectivity index (χ3n) is 4.11. The zero-order valence-electron chi connectivity index (χ0n) is 14.7. The van der Waals surface area contributed by atoms with Crippen molar-refractivity contribution >= 4 is 11.6 Å². The summed E-state index contributed by atoms with van der Waals surface area (Å²) in [5, 5.41) is 6.33. The highest BCUT2D eigenvalue weighted by Crippen LogP contribution is 2.22. The van der Waals surface area contributed by atoms with Crippen molar-refractivity contribution in [3.8, 4) is 5.75 Å². The van der Waals surface area contributed by atoms with Crippen LogP contribution in [0.15, 0.2) is 84.9 Å². The molecule has 4 heteroatoms. The normalized spacial score (nSPS) is 11.4. The Morgan fingerprint density at radius 2 is 1.50 bits per heavy atom. The first kappa shape index (κ1) is 17.5. The molecule has 0 aliphatic heterocycles. The van der Waals surface area contributed by atoms with Crippen LogP contribution in [0.2, 0.25) is 0 Å². The first-order chi connectivity index (χ1) is 12.8. The zero-order valence-corrected chi connectivity index (χ0v) is 14.7. The Morgan fingerprint density at radius 1 is 0.885 bits per heavy atom. The van der Waals surface area contributed by atoms with Crippen molar-refractivity contribution < 1.29 is 9.53 Å². The van der Waals surface area contributed by atoms with Crippen LogP contribution >= 0.6 is 0 Å². The molecule has 0 spiro atoms. The minimum Gasteiger partial charge on any atom is -0.497 e. The Kier molecular flexibility index (Phi) is 5.88. The van der Waals surface area contributed by atoms with Gasteiger partial charge in [-0.3, -0.25) is 4.79 Å². The smallest absolute Gasteiger partial charge is 0.247 e. The standard InChI is InChI=1S/C22H22N2O2/c1-26-20-14-12-19(13-15-20)24-21(18-10-6-3-7-11-18)22(25)23-16-17-8-4-2-5-9-17/h2-15,21,24H,16H2,1H3,(H,23,25)/t21-/m0/s1. The Bertz CT molecular complexity index is 818. The van der Waals surface area contributed by atoms with Crippen LogP contribution < -0.4 is 15.4 Å². The number of carbonyl (C=O) groups is 1. The quantitative estimate of drug-likeness (QED) is 0.675. The fourth-order valence-corrected chi connectivity index (χ4v) is 2.69. The molecule has 0 aromatic heterocycles. The van der Waals surface area contributed by atoms with Gasteiger partial charge in [0.25, 0.3) is 0 Å². The minimum absolute atomic E-state index is 0.0733. The van der Waals surface area contributed by atoms with Crippen molar-refractivity contribution in [3.05, 3.63) is 96.1 Å². The van der Waals surface area contributed by atoms with Crippen LogP contribution in [0.1, 0.15) is 17.2 Å². The van der Waals surface area contributed by atoms with Gasteiger partial charge in [-0.05, 0) is 35.4 Å². The Hall–Kier alpha value is -3.27. The van der Waals surface area contributed by atoms with E-state index in [0.717, 1.165) is 22.6 Å². The summed E-state index contributed by atoms with van der Waals surface area (Å²) in [6, 6.07) is 26.6. The predicted molar refractivity (Wildman–Crippen MR) is 104 cm³/mol. The molecule has 0 saturated carbocycles. The van der Waals surface area contributed by atoms with Crippen molar-refractivity contribution in [2.45, 2.75) is 12.6 Å². The SMILES string of the molecule is COc1ccc(N[C@H](C(=O)NCc2ccccc2)c2ccccc2)cc1. The number of ether oxygens (including phenoxy) is 1. The number of methoxy groups -OCH3 is 1. The number of amides is 1. The summed E-state index contributed by atoms with van der Waals surface area (Å²) in [7, 11) is 1.63. The molecule has 0 bridgehead atoms. The molecule has 3 aromatic rings. The van der Waals surface area contributed by atoms with Gasteiger partial charge in [-0.2, -0.15) is 0 Å². The molecule has 1 atom stereocenters. The van der Waals surface area contributed by atoms with Crippen molar-refractivity contribution in [2.75, 3.05) is 12.4 Å². The van der Waals surface area contributed by atoms with Gasteiger partial charge in [0.2, 0.25) is 5.91 Å². The second kappa shape index (κ2) is 8.72. The van der Waals surface area contributed by atoms with Crippen molar-refractivity contribution in [3.63, 3.8) is 0 Å². The summed E-state index contributed by atoms with van der Waals surface area (Å²) < 4.78 is 5.19. The van der Waals surface area contributed by atoms with Gasteiger partial charge in [0.15, 0.2) is 0 Å². The summed E-state index contributed by atoms with van der Waals surface area (Å²) in [4.78, 5) is 12.8. The largest absolute Gasteiger partial charge is 0.497 e. The monoisotopic (exact) mass is 346 g/mol. The van der Waals surface area contributed by atoms with Crippen LogP contribution in [0.3, 0.4) is 0 Å². The number of rotatable bonds is 7. The minimum atomic E-state index is -0.478. The van der Waals surface area contributed by atoms with Crippen molar-refractivity contribution in [1.82, 2.24) is 5.32 Å². The molecule has 26 heavy (non-hydrogen) atoms. The number of hydrogen-bond acceptors (Lipinski definition) is 3. The summed E-state index contributed by atoms with van der Waals surface area (Å²) in [5.74, 6) is 0.705. The number of anilines is 1. The molecule has 2 N–H and O–H groups in total. The lowest BCUT2D eigenvalue weighted by molar-refractivity contribution is -0.122. The van der Waals surface area contributed by atoms with Crippen LogP contribution in [0.25, 0.3) is 0 Å². The fourth-order valence-electron chi connectivity index (χ4n) is 2.69. The third-order valence-corrected chi connectivity index (χ3v) is 4.11. The van der Waals surface area contributed by atoms with Gasteiger partial charge in [-0.25, -0.2) is 0 Å². The van der Waals surface area contributed by atoms with E-state index in [9.17, 15) is 4.79 Å². The van der Waals surface area contributed by atoms with Gasteiger partial charge in [0, 0.05) is 12.2 Å². The summed E-state index contributed by atoms with van der Waals surface area (Å²) in [6.07, 6.45) is 0. The van der Waals surface area contributed by atoms with E-state index in [1.807, 2.05) is 84.9 Å². The molecule has 0 saturated heterocycles. The molecule has 132 valence electrons. The number of nitrogens with one attached hydrogen (secondary N) is 2. The van der Waals surface area contributed by atoms with E-state index in [0.29, 0.717) is 6.54 Å². The summed E-state index contributed by atoms with van der Waals surface area (Å²) >= 11 is 0. The van der Waals surface area contributed by atoms with Crippen LogP contribution in [0.4, 0.5) is 5.69 Å². The highest BCUT2D eigenvalue weighted by Gasteiger charge is 2.20. The molecule has 3 rings (SSSR count). The molecule has 1 amide bonds. The maximum atomic E-state index is 12.8. The van der Waals surface area contributed by atoms with Gasteiger partial charge in [0.05, 0.1) is 7.11 Å². The molecule has 0 fully saturated rings. The van der Waals surface area contributed by atoms with Crippen LogP contribution in [-0.2, 0) is 11.3 Å². The van der Waals surface area contributed by atoms with Crippen LogP contribution in [0.5, 0.6) is 5.75 Å². The van der Waals surface area contributed by atoms with Gasteiger partial charge in [0.1, 0.15) is 11.8 Å². The molecule has 3 aromatic carbocycles. The lowest BCUT2D eigenvalue weighted by Gasteiger charge is -2.20. The maximum absolute atomic E-state index is 12.8. The van der Waals surface area contributed by atoms with E-state index in [4.69, 9.17) is 4.74 Å². The predicted octanol–water partition coefficient (Wildman–Crippen LogP) is 4.16. The van der Waals surface area contributed by atoms with E-state index < -0.39 is 6.04 Å². The second-order valence-corrected chi connectivity index (χ2v) is 5.92. The highest BCUT2D eigenvalue weighted by molar-refractivity contribution is 5.86. The first-order valence-corrected chi connectivity index (χ1v) is 8.53. The molecule has 0 heterocycles. The van der Waals surface area contributed by atoms with Crippen molar-refractivity contribution in [1.29, 1.82) is 0 Å². The van der Waals surface area contributed by atoms with E-state index in [1.165, 1.54) is 0 Å². The molecule has 0 aliphatic carbocycles. The van der Waals surface area contributed by atoms with Gasteiger partial charge in [-0.15, -0.1) is 0 Å². The average molecular weight is 346 g/mol. The van der Waals surface area contributed by atoms with Crippen LogP contribution in [0, 0.1) is 0 Å². The third kappa shape index (κ3) is 4.63. The van der Waals surface area contributed by atoms with Gasteiger partial charge >= 0.3 is 0 Å². The number of hydrogen-bond donors (Lipinski definition) is 2. The van der Waals surface area contributed by atoms with E-state index >= 15 is 0 Å². The number of carbonyl (C=O) groups excluding carboxylic acids is 1. The average Bonchev–Trinajstić information content (AvgIpc) is 2.72. The van der Waals surface area contributed by atoms with E-state index in [1.54, 1.807) is 7.11 Å². The molecule has 0 unspecified atom stereocenters. The lowest BCUT2D eigenvalue weighted by atomic mass is 10.1. The molecule has 0 radical (unpaired) electrons. The summed E-state index contributed by atoms with van der Waals surface area (Å²) in [5.41, 5.74) is 2.83. The van der Waals surface area contributed by atoms with Gasteiger partial charge in [-0.1, -0.05) is 60.7 Å². The summed E-state index contributed by atoms with van der Waals surface area (Å²) in [6.45, 7) is 0.493. The highest BCUT2D eigenvalue weighted by atomic mass is 16.5. The Morgan fingerprint density at radius 3 is 2.12 bits per heavy atom. The number of benzene rings is 3. The molecule has 0 aliphatic rings. The van der Waals surface area contributed by atoms with E-state index in [-0.39, 0.29) is 5.91 Å². The second-order valence-electron chi connectivity index (χ2n) is 5.92. The molecule has 4 nitrogen and oxygen atoms in total. The fraction of sp³-hybridized carbons (Fsp3) is 0.136. The van der Waals surface area contributed by atoms with Gasteiger partial charge < -0.3 is 15.4 Å². The zero-order chi connectivity index (χ0) is 18.2. The molecular formula is C22H22N2O2. The Labute approximate surface area is 153 Å². The Balaban J connectivity index is 1.75. The van der Waals surface area contributed by atoms with Crippen LogP contribution in [-0.4, -0.2) is 13.0 Å². The first-order valence-electron chi connectivity index (χ1n) is 8.53. The molecular weight excluding hydrogens is 324 g/mol. The van der Waals surface area contributed by atoms with E-state index in [2.05, 4.69) is 10.6 Å². The lowest BCUT2D eigenvalue weighted by Crippen LogP contribution is -2.33.